The van der Waals surface area contributed by atoms with Crippen molar-refractivity contribution in [3.63, 3.8) is 0 Å². The highest BCUT2D eigenvalue weighted by atomic mass is 31.2. The summed E-state index contributed by atoms with van der Waals surface area (Å²) in [6, 6.07) is 0. The van der Waals surface area contributed by atoms with Crippen molar-refractivity contribution < 1.29 is 53.5 Å². The highest BCUT2D eigenvalue weighted by Crippen LogP contribution is 2.63. The Hall–Kier alpha value is -0.480. The molecule has 0 aromatic rings. The molecule has 23 heavy (non-hydrogen) atoms. The minimum atomic E-state index is -7.06. The normalized spacial score (nSPS) is 24.1. The molecule has 0 spiro atoms. The van der Waals surface area contributed by atoms with Crippen LogP contribution in [-0.2, 0) is 9.09 Å². The van der Waals surface area contributed by atoms with Crippen LogP contribution in [0.15, 0.2) is 0 Å². The van der Waals surface area contributed by atoms with E-state index in [9.17, 15) is 49.0 Å². The maximum atomic E-state index is 13.7. The van der Waals surface area contributed by atoms with E-state index < -0.39 is 37.4 Å². The lowest BCUT2D eigenvalue weighted by atomic mass is 10.0. The lowest BCUT2D eigenvalue weighted by Crippen LogP contribution is -2.63. The van der Waals surface area contributed by atoms with Crippen LogP contribution in [-0.4, -0.2) is 34.7 Å². The van der Waals surface area contributed by atoms with Gasteiger partial charge >= 0.3 is 31.7 Å². The Balaban J connectivity index is 3.25. The molecule has 0 radical (unpaired) electrons. The number of hydrogen-bond acceptors (Lipinski definition) is 2. The van der Waals surface area contributed by atoms with E-state index in [1.165, 1.54) is 0 Å². The summed E-state index contributed by atoms with van der Waals surface area (Å²) in [6.45, 7) is 0. The van der Waals surface area contributed by atoms with Gasteiger partial charge in [-0.05, 0) is 12.8 Å². The Morgan fingerprint density at radius 2 is 1.26 bits per heavy atom. The van der Waals surface area contributed by atoms with Crippen LogP contribution in [0.5, 0.6) is 0 Å². The Morgan fingerprint density at radius 3 is 1.61 bits per heavy atom. The van der Waals surface area contributed by atoms with Gasteiger partial charge in [-0.2, -0.15) is 39.5 Å². The molecule has 1 fully saturated rings. The van der Waals surface area contributed by atoms with Crippen molar-refractivity contribution in [2.24, 2.45) is 0 Å². The number of rotatable bonds is 4. The minimum absolute atomic E-state index is 0.222. The van der Waals surface area contributed by atoms with Crippen LogP contribution < -0.4 is 0 Å². The fourth-order valence-corrected chi connectivity index (χ4v) is 3.88. The Labute approximate surface area is 124 Å². The number of hydrogen-bond donors (Lipinski definition) is 1. The molecular formula is C10H12F9O3P. The van der Waals surface area contributed by atoms with Crippen molar-refractivity contribution in [2.45, 2.75) is 61.9 Å². The molecule has 2 unspecified atom stereocenters. The summed E-state index contributed by atoms with van der Waals surface area (Å²) in [4.78, 5) is 9.36. The molecule has 0 aromatic heterocycles. The van der Waals surface area contributed by atoms with Crippen LogP contribution in [0.25, 0.3) is 0 Å². The van der Waals surface area contributed by atoms with Crippen LogP contribution in [0, 0.1) is 0 Å². The molecule has 1 aliphatic rings. The van der Waals surface area contributed by atoms with Gasteiger partial charge in [0.05, 0.1) is 5.66 Å². The van der Waals surface area contributed by atoms with E-state index >= 15 is 0 Å². The Morgan fingerprint density at radius 1 is 0.826 bits per heavy atom. The predicted molar refractivity (Wildman–Crippen MR) is 58.7 cm³/mol. The van der Waals surface area contributed by atoms with Gasteiger partial charge in [-0.3, -0.25) is 9.09 Å². The van der Waals surface area contributed by atoms with E-state index in [1.54, 1.807) is 0 Å². The Kier molecular flexibility index (Phi) is 5.46. The molecule has 0 aromatic carbocycles. The molecule has 0 aliphatic heterocycles. The van der Waals surface area contributed by atoms with Crippen molar-refractivity contribution in [3.8, 4) is 0 Å². The molecule has 3 nitrogen and oxygen atoms in total. The average Bonchev–Trinajstić information content (AvgIpc) is 2.36. The molecule has 0 heterocycles. The molecule has 1 N–H and O–H groups in total. The van der Waals surface area contributed by atoms with E-state index in [0.29, 0.717) is 6.42 Å². The third-order valence-electron chi connectivity index (χ3n) is 3.42. The van der Waals surface area contributed by atoms with E-state index in [2.05, 4.69) is 4.52 Å². The summed E-state index contributed by atoms with van der Waals surface area (Å²) in [7, 11) is -5.73. The number of alkyl halides is 9. The zero-order valence-electron chi connectivity index (χ0n) is 11.2. The molecular weight excluding hydrogens is 370 g/mol. The van der Waals surface area contributed by atoms with Crippen LogP contribution in [0.4, 0.5) is 39.5 Å². The summed E-state index contributed by atoms with van der Waals surface area (Å²) in [5.41, 5.74) is -1.64. The molecule has 0 saturated heterocycles. The first-order chi connectivity index (χ1) is 10.1. The molecule has 1 aliphatic carbocycles. The van der Waals surface area contributed by atoms with E-state index in [4.69, 9.17) is 0 Å². The lowest BCUT2D eigenvalue weighted by molar-refractivity contribution is -0.433. The third kappa shape index (κ3) is 3.79. The van der Waals surface area contributed by atoms with Gasteiger partial charge in [-0.15, -0.1) is 0 Å². The highest BCUT2D eigenvalue weighted by molar-refractivity contribution is 7.53. The average molecular weight is 382 g/mol. The summed E-state index contributed by atoms with van der Waals surface area (Å²) in [6.07, 6.45) is -13.4. The van der Waals surface area contributed by atoms with Crippen molar-refractivity contribution in [1.29, 1.82) is 0 Å². The SMILES string of the molecule is O=P(O)(OC(F)(C(F)(F)F)C(F)(F)C(F)(F)F)C1CCCCC1. The van der Waals surface area contributed by atoms with E-state index in [0.717, 1.165) is 0 Å². The van der Waals surface area contributed by atoms with Crippen LogP contribution in [0.2, 0.25) is 0 Å². The lowest BCUT2D eigenvalue weighted by Gasteiger charge is -2.38. The molecule has 2 atom stereocenters. The first kappa shape index (κ1) is 20.6. The van der Waals surface area contributed by atoms with Gasteiger partial charge in [-0.1, -0.05) is 19.3 Å². The first-order valence-electron chi connectivity index (χ1n) is 6.29. The van der Waals surface area contributed by atoms with Gasteiger partial charge in [0.2, 0.25) is 0 Å². The summed E-state index contributed by atoms with van der Waals surface area (Å²) < 4.78 is 128. The van der Waals surface area contributed by atoms with Gasteiger partial charge in [0.25, 0.3) is 0 Å². The maximum Gasteiger partial charge on any atom is 0.459 e. The van der Waals surface area contributed by atoms with Gasteiger partial charge < -0.3 is 4.89 Å². The third-order valence-corrected chi connectivity index (χ3v) is 5.37. The number of halogens is 9. The fourth-order valence-electron chi connectivity index (χ4n) is 2.13. The van der Waals surface area contributed by atoms with E-state index in [-0.39, 0.29) is 25.7 Å². The smallest absolute Gasteiger partial charge is 0.324 e. The molecule has 0 amide bonds. The second-order valence-electron chi connectivity index (χ2n) is 5.11. The summed E-state index contributed by atoms with van der Waals surface area (Å²) in [5.74, 6) is -13.7. The predicted octanol–water partition coefficient (Wildman–Crippen LogP) is 4.95. The summed E-state index contributed by atoms with van der Waals surface area (Å²) in [5, 5.41) is 0. The van der Waals surface area contributed by atoms with Crippen molar-refractivity contribution in [3.05, 3.63) is 0 Å². The summed E-state index contributed by atoms with van der Waals surface area (Å²) >= 11 is 0. The van der Waals surface area contributed by atoms with Crippen LogP contribution >= 0.6 is 7.60 Å². The van der Waals surface area contributed by atoms with Crippen molar-refractivity contribution >= 4 is 7.60 Å². The monoisotopic (exact) mass is 382 g/mol. The van der Waals surface area contributed by atoms with Gasteiger partial charge in [0, 0.05) is 0 Å². The zero-order valence-corrected chi connectivity index (χ0v) is 12.1. The van der Waals surface area contributed by atoms with Crippen LogP contribution in [0.3, 0.4) is 0 Å². The van der Waals surface area contributed by atoms with Gasteiger partial charge in [0.1, 0.15) is 0 Å². The molecule has 1 saturated carbocycles. The van der Waals surface area contributed by atoms with Gasteiger partial charge in [-0.25, -0.2) is 0 Å². The topological polar surface area (TPSA) is 46.5 Å². The second-order valence-corrected chi connectivity index (χ2v) is 7.15. The standard InChI is InChI=1S/C10H12F9O3P/c11-7(12,9(14,15)16)8(13,10(17,18)19)22-23(20,21)6-4-2-1-3-5-6/h6H,1-5H2,(H,20,21). The second kappa shape index (κ2) is 6.11. The Bertz CT molecular complexity index is 469. The zero-order chi connectivity index (χ0) is 18.3. The largest absolute Gasteiger partial charge is 0.459 e. The minimum Gasteiger partial charge on any atom is -0.324 e. The highest BCUT2D eigenvalue weighted by Gasteiger charge is 2.84. The van der Waals surface area contributed by atoms with Crippen molar-refractivity contribution in [1.82, 2.24) is 0 Å². The first-order valence-corrected chi connectivity index (χ1v) is 7.94. The maximum absolute atomic E-state index is 13.7. The van der Waals surface area contributed by atoms with Crippen LogP contribution in [0.1, 0.15) is 32.1 Å². The molecule has 1 rings (SSSR count). The van der Waals surface area contributed by atoms with Crippen molar-refractivity contribution in [2.75, 3.05) is 0 Å². The van der Waals surface area contributed by atoms with E-state index in [1.807, 2.05) is 0 Å². The van der Waals surface area contributed by atoms with Gasteiger partial charge in [0.15, 0.2) is 0 Å². The fraction of sp³-hybridized carbons (Fsp3) is 1.00. The quantitative estimate of drug-likeness (QED) is 0.553. The molecule has 13 heteroatoms. The molecule has 0 bridgehead atoms. The molecule has 138 valence electrons.